The second-order valence-corrected chi connectivity index (χ2v) is 4.89. The first kappa shape index (κ1) is 21.1. The number of rotatable bonds is 2. The molecule has 16 nitrogen and oxygen atoms in total. The minimum absolute atomic E-state index is 0. The summed E-state index contributed by atoms with van der Waals surface area (Å²) >= 11 is 0. The van der Waals surface area contributed by atoms with Gasteiger partial charge in [0.05, 0.1) is 12.7 Å². The summed E-state index contributed by atoms with van der Waals surface area (Å²) in [6, 6.07) is 0. The molecule has 0 bridgehead atoms. The second-order valence-electron chi connectivity index (χ2n) is 4.89. The van der Waals surface area contributed by atoms with Gasteiger partial charge in [0.15, 0.2) is 22.3 Å². The van der Waals surface area contributed by atoms with Crippen LogP contribution < -0.4 is 21.8 Å². The molecule has 0 aliphatic rings. The zero-order valence-corrected chi connectivity index (χ0v) is 14.9. The molecule has 0 aromatic carbocycles. The fourth-order valence-corrected chi connectivity index (χ4v) is 2.01. The van der Waals surface area contributed by atoms with Crippen LogP contribution in [0.4, 0.5) is 21.5 Å². The van der Waals surface area contributed by atoms with E-state index in [1.54, 1.807) is 0 Å². The Balaban J connectivity index is 0.000000200. The van der Waals surface area contributed by atoms with E-state index in [2.05, 4.69) is 39.9 Å². The van der Waals surface area contributed by atoms with E-state index in [1.807, 2.05) is 10.6 Å². The number of hydrogen-bond donors (Lipinski definition) is 8. The van der Waals surface area contributed by atoms with Gasteiger partial charge in [-0.15, -0.1) is 0 Å². The van der Waals surface area contributed by atoms with E-state index in [-0.39, 0.29) is 51.3 Å². The van der Waals surface area contributed by atoms with Gasteiger partial charge >= 0.3 is 12.2 Å². The molecule has 0 aliphatic heterocycles. The topological polar surface area (TPSA) is 248 Å². The standard InChI is InChI=1S/2C6H5N5O3.Fe/c2*12-4-2-3(8-1-7-2)9-5(10-4)11-6(13)14;/h2*1H,(H,13,14)(H3,7,8,9,10,11,12);. The number of carbonyl (C=O) groups is 2. The number of amides is 2. The smallest absolute Gasteiger partial charge is 0.411 e. The van der Waals surface area contributed by atoms with Crippen molar-refractivity contribution in [3.05, 3.63) is 33.4 Å². The Morgan fingerprint density at radius 2 is 1.17 bits per heavy atom. The number of aromatic nitrogens is 8. The molecule has 0 saturated carbocycles. The zero-order chi connectivity index (χ0) is 20.3. The molecule has 0 atom stereocenters. The van der Waals surface area contributed by atoms with Crippen LogP contribution in [-0.2, 0) is 17.1 Å². The molecule has 0 saturated heterocycles. The van der Waals surface area contributed by atoms with Gasteiger partial charge in [-0.1, -0.05) is 0 Å². The van der Waals surface area contributed by atoms with Gasteiger partial charge in [0.1, 0.15) is 0 Å². The van der Waals surface area contributed by atoms with Crippen LogP contribution in [0.2, 0.25) is 0 Å². The summed E-state index contributed by atoms with van der Waals surface area (Å²) in [5, 5.41) is 20.6. The number of imidazole rings is 2. The third-order valence-corrected chi connectivity index (χ3v) is 3.04. The molecule has 4 aromatic heterocycles. The van der Waals surface area contributed by atoms with Crippen LogP contribution in [0.5, 0.6) is 0 Å². The van der Waals surface area contributed by atoms with Crippen LogP contribution in [0, 0.1) is 0 Å². The maximum atomic E-state index is 11.2. The molecule has 0 radical (unpaired) electrons. The number of nitrogens with zero attached hydrogens (tertiary/aromatic N) is 4. The molecule has 152 valence electrons. The van der Waals surface area contributed by atoms with Crippen molar-refractivity contribution in [1.29, 1.82) is 0 Å². The minimum Gasteiger partial charge on any atom is -0.465 e. The molecule has 29 heavy (non-hydrogen) atoms. The normalized spacial score (nSPS) is 9.93. The van der Waals surface area contributed by atoms with Gasteiger partial charge in [-0.05, 0) is 0 Å². The average molecular weight is 446 g/mol. The van der Waals surface area contributed by atoms with Crippen molar-refractivity contribution in [3.63, 3.8) is 0 Å². The van der Waals surface area contributed by atoms with Crippen molar-refractivity contribution in [3.8, 4) is 0 Å². The van der Waals surface area contributed by atoms with Crippen LogP contribution in [-0.4, -0.2) is 62.3 Å². The van der Waals surface area contributed by atoms with Crippen LogP contribution in [0.1, 0.15) is 0 Å². The summed E-state index contributed by atoms with van der Waals surface area (Å²) in [5.74, 6) is -0.302. The molecule has 2 amide bonds. The predicted octanol–water partition coefficient (Wildman–Crippen LogP) is -0.530. The molecule has 17 heteroatoms. The number of fused-ring (bicyclic) bond motifs is 2. The summed E-state index contributed by atoms with van der Waals surface area (Å²) in [5.41, 5.74) is -0.204. The molecule has 0 fully saturated rings. The summed E-state index contributed by atoms with van der Waals surface area (Å²) < 4.78 is 0. The zero-order valence-electron chi connectivity index (χ0n) is 13.8. The van der Waals surface area contributed by atoms with Gasteiger partial charge < -0.3 is 20.2 Å². The van der Waals surface area contributed by atoms with E-state index in [0.717, 1.165) is 0 Å². The van der Waals surface area contributed by atoms with Crippen molar-refractivity contribution < 1.29 is 36.9 Å². The van der Waals surface area contributed by atoms with Crippen molar-refractivity contribution in [2.24, 2.45) is 0 Å². The third-order valence-electron chi connectivity index (χ3n) is 3.04. The number of anilines is 2. The minimum atomic E-state index is -1.30. The summed E-state index contributed by atoms with van der Waals surface area (Å²) in [6.07, 6.45) is 0.000570. The molecular weight excluding hydrogens is 436 g/mol. The first-order valence-corrected chi connectivity index (χ1v) is 7.20. The average Bonchev–Trinajstić information content (AvgIpc) is 3.23. The van der Waals surface area contributed by atoms with E-state index in [0.29, 0.717) is 0 Å². The third kappa shape index (κ3) is 4.93. The largest absolute Gasteiger partial charge is 0.465 e. The Labute approximate surface area is 167 Å². The van der Waals surface area contributed by atoms with Gasteiger partial charge in [-0.3, -0.25) is 30.2 Å². The SMILES string of the molecule is O=C(O)Nc1nc2nc[nH]c2c(=O)[nH]1.O=C(O)Nc1nc2nc[nH]c2c(=O)[nH]1.[Fe]. The van der Waals surface area contributed by atoms with Gasteiger partial charge in [0.25, 0.3) is 11.1 Å². The van der Waals surface area contributed by atoms with Gasteiger partial charge in [0, 0.05) is 17.1 Å². The van der Waals surface area contributed by atoms with Crippen LogP contribution in [0.3, 0.4) is 0 Å². The number of nitrogens with one attached hydrogen (secondary N) is 6. The molecule has 4 heterocycles. The van der Waals surface area contributed by atoms with E-state index in [1.165, 1.54) is 12.7 Å². The molecule has 4 rings (SSSR count). The quantitative estimate of drug-likeness (QED) is 0.183. The maximum absolute atomic E-state index is 11.2. The molecule has 0 aliphatic carbocycles. The second kappa shape index (κ2) is 8.63. The Morgan fingerprint density at radius 1 is 0.793 bits per heavy atom. The van der Waals surface area contributed by atoms with Crippen molar-refractivity contribution in [2.75, 3.05) is 10.6 Å². The van der Waals surface area contributed by atoms with Gasteiger partial charge in [-0.2, -0.15) is 9.97 Å². The van der Waals surface area contributed by atoms with Crippen LogP contribution in [0.15, 0.2) is 22.2 Å². The Morgan fingerprint density at radius 3 is 1.52 bits per heavy atom. The van der Waals surface area contributed by atoms with Crippen molar-refractivity contribution in [2.45, 2.75) is 0 Å². The number of H-pyrrole nitrogens is 4. The molecule has 8 N–H and O–H groups in total. The number of carboxylic acid groups (broad SMARTS) is 2. The molecule has 0 spiro atoms. The number of hydrogen-bond acceptors (Lipinski definition) is 8. The van der Waals surface area contributed by atoms with Crippen molar-refractivity contribution >= 4 is 46.4 Å². The molecular formula is C12H10FeN10O6. The fourth-order valence-electron chi connectivity index (χ4n) is 2.01. The number of aromatic amines is 4. The monoisotopic (exact) mass is 446 g/mol. The van der Waals surface area contributed by atoms with Gasteiger partial charge in [-0.25, -0.2) is 19.6 Å². The summed E-state index contributed by atoms with van der Waals surface area (Å²) in [6.45, 7) is 0. The van der Waals surface area contributed by atoms with E-state index in [9.17, 15) is 19.2 Å². The Bertz CT molecular complexity index is 1190. The first-order valence-electron chi connectivity index (χ1n) is 7.20. The van der Waals surface area contributed by atoms with E-state index >= 15 is 0 Å². The predicted molar refractivity (Wildman–Crippen MR) is 92.3 cm³/mol. The summed E-state index contributed by atoms with van der Waals surface area (Å²) in [4.78, 5) is 67.6. The van der Waals surface area contributed by atoms with Crippen LogP contribution in [0.25, 0.3) is 22.3 Å². The van der Waals surface area contributed by atoms with Crippen LogP contribution >= 0.6 is 0 Å². The fraction of sp³-hybridized carbons (Fsp3) is 0. The molecule has 4 aromatic rings. The Hall–Kier alpha value is -4.24. The summed E-state index contributed by atoms with van der Waals surface area (Å²) in [7, 11) is 0. The van der Waals surface area contributed by atoms with E-state index in [4.69, 9.17) is 10.2 Å². The Kier molecular flexibility index (Phi) is 6.27. The first-order chi connectivity index (χ1) is 13.3. The maximum Gasteiger partial charge on any atom is 0.411 e. The van der Waals surface area contributed by atoms with E-state index < -0.39 is 23.3 Å². The van der Waals surface area contributed by atoms with Gasteiger partial charge in [0.2, 0.25) is 11.9 Å². The van der Waals surface area contributed by atoms with Crippen molar-refractivity contribution in [1.82, 2.24) is 39.9 Å². The molecule has 0 unspecified atom stereocenters.